The Balaban J connectivity index is 2.36. The summed E-state index contributed by atoms with van der Waals surface area (Å²) < 4.78 is 39.8. The molecule has 94 valence electrons. The van der Waals surface area contributed by atoms with Crippen LogP contribution in [0.25, 0.3) is 0 Å². The first kappa shape index (κ1) is 12.7. The van der Waals surface area contributed by atoms with Crippen molar-refractivity contribution in [2.45, 2.75) is 9.92 Å². The molecule has 0 unspecified atom stereocenters. The molecular weight excluding hydrogens is 263 g/mol. The van der Waals surface area contributed by atoms with Crippen LogP contribution >= 0.6 is 11.8 Å². The molecule has 1 aromatic carbocycles. The minimum Gasteiger partial charge on any atom is -0.357 e. The summed E-state index contributed by atoms with van der Waals surface area (Å²) in [4.78, 5) is 7.46. The SMILES string of the molecule is CNc1ncc(F)c(Sc2cc(F)ccc2F)n1. The molecule has 0 fully saturated rings. The molecule has 0 saturated carbocycles. The molecule has 0 saturated heterocycles. The summed E-state index contributed by atoms with van der Waals surface area (Å²) in [7, 11) is 1.57. The molecule has 0 aliphatic heterocycles. The van der Waals surface area contributed by atoms with E-state index < -0.39 is 17.5 Å². The molecule has 0 atom stereocenters. The highest BCUT2D eigenvalue weighted by Gasteiger charge is 2.12. The first-order valence-corrected chi connectivity index (χ1v) is 5.75. The molecule has 2 aromatic rings. The number of hydrogen-bond acceptors (Lipinski definition) is 4. The van der Waals surface area contributed by atoms with Crippen LogP contribution in [-0.2, 0) is 0 Å². The first-order valence-electron chi connectivity index (χ1n) is 4.93. The second-order valence-electron chi connectivity index (χ2n) is 3.27. The van der Waals surface area contributed by atoms with Crippen LogP contribution in [0.4, 0.5) is 19.1 Å². The molecule has 0 radical (unpaired) electrons. The fraction of sp³-hybridized carbons (Fsp3) is 0.0909. The van der Waals surface area contributed by atoms with Crippen molar-refractivity contribution in [3.8, 4) is 0 Å². The molecule has 0 aliphatic carbocycles. The first-order chi connectivity index (χ1) is 8.60. The van der Waals surface area contributed by atoms with E-state index >= 15 is 0 Å². The van der Waals surface area contributed by atoms with Crippen molar-refractivity contribution >= 4 is 17.7 Å². The number of benzene rings is 1. The van der Waals surface area contributed by atoms with E-state index in [-0.39, 0.29) is 15.9 Å². The van der Waals surface area contributed by atoms with E-state index in [1.807, 2.05) is 0 Å². The summed E-state index contributed by atoms with van der Waals surface area (Å²) in [5, 5.41) is 2.57. The largest absolute Gasteiger partial charge is 0.357 e. The second-order valence-corrected chi connectivity index (χ2v) is 4.30. The number of halogens is 3. The summed E-state index contributed by atoms with van der Waals surface area (Å²) in [5.74, 6) is -1.72. The van der Waals surface area contributed by atoms with Gasteiger partial charge in [-0.15, -0.1) is 0 Å². The number of nitrogens with zero attached hydrogens (tertiary/aromatic N) is 2. The molecule has 0 spiro atoms. The Labute approximate surface area is 105 Å². The van der Waals surface area contributed by atoms with Gasteiger partial charge in [0.25, 0.3) is 0 Å². The Morgan fingerprint density at radius 3 is 2.67 bits per heavy atom. The van der Waals surface area contributed by atoms with Gasteiger partial charge in [0, 0.05) is 7.05 Å². The molecule has 7 heteroatoms. The van der Waals surface area contributed by atoms with Gasteiger partial charge in [-0.05, 0) is 18.2 Å². The third-order valence-electron chi connectivity index (χ3n) is 2.04. The highest BCUT2D eigenvalue weighted by Crippen LogP contribution is 2.30. The van der Waals surface area contributed by atoms with Gasteiger partial charge in [0.1, 0.15) is 16.7 Å². The molecule has 1 heterocycles. The maximum Gasteiger partial charge on any atom is 0.223 e. The molecule has 0 amide bonds. The lowest BCUT2D eigenvalue weighted by molar-refractivity contribution is 0.571. The van der Waals surface area contributed by atoms with Gasteiger partial charge >= 0.3 is 0 Å². The van der Waals surface area contributed by atoms with Gasteiger partial charge in [0.05, 0.1) is 11.1 Å². The maximum atomic E-state index is 13.4. The molecule has 1 aromatic heterocycles. The summed E-state index contributed by atoms with van der Waals surface area (Å²) in [6, 6.07) is 2.96. The highest BCUT2D eigenvalue weighted by molar-refractivity contribution is 7.99. The van der Waals surface area contributed by atoms with Crippen molar-refractivity contribution in [2.24, 2.45) is 0 Å². The van der Waals surface area contributed by atoms with Crippen molar-refractivity contribution in [1.29, 1.82) is 0 Å². The summed E-state index contributed by atoms with van der Waals surface area (Å²) >= 11 is 0.703. The Morgan fingerprint density at radius 2 is 1.94 bits per heavy atom. The third-order valence-corrected chi connectivity index (χ3v) is 3.05. The van der Waals surface area contributed by atoms with Crippen LogP contribution in [0.3, 0.4) is 0 Å². The van der Waals surface area contributed by atoms with E-state index in [0.29, 0.717) is 11.8 Å². The number of hydrogen-bond donors (Lipinski definition) is 1. The lowest BCUT2D eigenvalue weighted by Crippen LogP contribution is -1.99. The number of aromatic nitrogens is 2. The van der Waals surface area contributed by atoms with E-state index in [0.717, 1.165) is 24.4 Å². The topological polar surface area (TPSA) is 37.8 Å². The highest BCUT2D eigenvalue weighted by atomic mass is 32.2. The zero-order valence-electron chi connectivity index (χ0n) is 9.25. The minimum absolute atomic E-state index is 0.0327. The van der Waals surface area contributed by atoms with Crippen molar-refractivity contribution in [2.75, 3.05) is 12.4 Å². The fourth-order valence-corrected chi connectivity index (χ4v) is 2.03. The van der Waals surface area contributed by atoms with Crippen LogP contribution in [-0.4, -0.2) is 17.0 Å². The van der Waals surface area contributed by atoms with Crippen LogP contribution in [0.2, 0.25) is 0 Å². The third kappa shape index (κ3) is 2.73. The van der Waals surface area contributed by atoms with E-state index in [2.05, 4.69) is 15.3 Å². The lowest BCUT2D eigenvalue weighted by Gasteiger charge is -2.05. The quantitative estimate of drug-likeness (QED) is 0.871. The molecule has 0 aliphatic rings. The number of rotatable bonds is 3. The number of anilines is 1. The van der Waals surface area contributed by atoms with Crippen LogP contribution in [0, 0.1) is 17.5 Å². The van der Waals surface area contributed by atoms with Gasteiger partial charge < -0.3 is 5.32 Å². The zero-order chi connectivity index (χ0) is 13.1. The zero-order valence-corrected chi connectivity index (χ0v) is 10.1. The molecular formula is C11H8F3N3S. The molecule has 1 N–H and O–H groups in total. The van der Waals surface area contributed by atoms with Gasteiger partial charge in [0.15, 0.2) is 5.82 Å². The second kappa shape index (κ2) is 5.26. The van der Waals surface area contributed by atoms with Crippen LogP contribution in [0.15, 0.2) is 34.3 Å². The predicted octanol–water partition coefficient (Wildman–Crippen LogP) is 3.09. The molecule has 0 bridgehead atoms. The smallest absolute Gasteiger partial charge is 0.223 e. The van der Waals surface area contributed by atoms with Crippen LogP contribution < -0.4 is 5.32 Å². The normalized spacial score (nSPS) is 10.4. The average Bonchev–Trinajstić information content (AvgIpc) is 2.36. The fourth-order valence-electron chi connectivity index (χ4n) is 1.20. The van der Waals surface area contributed by atoms with E-state index in [9.17, 15) is 13.2 Å². The Morgan fingerprint density at radius 1 is 1.17 bits per heavy atom. The van der Waals surface area contributed by atoms with E-state index in [1.54, 1.807) is 7.05 Å². The summed E-state index contributed by atoms with van der Waals surface area (Å²) in [5.41, 5.74) is 0. The van der Waals surface area contributed by atoms with Gasteiger partial charge in [-0.1, -0.05) is 11.8 Å². The van der Waals surface area contributed by atoms with Gasteiger partial charge in [-0.25, -0.2) is 23.1 Å². The molecule has 3 nitrogen and oxygen atoms in total. The van der Waals surface area contributed by atoms with E-state index in [4.69, 9.17) is 0 Å². The summed E-state index contributed by atoms with van der Waals surface area (Å²) in [6.07, 6.45) is 0.971. The van der Waals surface area contributed by atoms with Gasteiger partial charge in [0.2, 0.25) is 5.95 Å². The number of nitrogens with one attached hydrogen (secondary N) is 1. The lowest BCUT2D eigenvalue weighted by atomic mass is 10.3. The van der Waals surface area contributed by atoms with Gasteiger partial charge in [-0.3, -0.25) is 0 Å². The van der Waals surface area contributed by atoms with Crippen LogP contribution in [0.5, 0.6) is 0 Å². The molecule has 2 rings (SSSR count). The predicted molar refractivity (Wildman–Crippen MR) is 62.0 cm³/mol. The van der Waals surface area contributed by atoms with Crippen molar-refractivity contribution in [1.82, 2.24) is 9.97 Å². The monoisotopic (exact) mass is 271 g/mol. The standard InChI is InChI=1S/C11H8F3N3S/c1-15-11-16-5-8(14)10(17-11)18-9-4-6(12)2-3-7(9)13/h2-5H,1H3,(H,15,16,17). The van der Waals surface area contributed by atoms with Crippen molar-refractivity contribution < 1.29 is 13.2 Å². The average molecular weight is 271 g/mol. The van der Waals surface area contributed by atoms with Crippen molar-refractivity contribution in [3.63, 3.8) is 0 Å². The van der Waals surface area contributed by atoms with Crippen molar-refractivity contribution in [3.05, 3.63) is 41.8 Å². The Hall–Kier alpha value is -1.76. The Kier molecular flexibility index (Phi) is 3.71. The van der Waals surface area contributed by atoms with Gasteiger partial charge in [-0.2, -0.15) is 0 Å². The minimum atomic E-state index is -0.692. The molecule has 18 heavy (non-hydrogen) atoms. The summed E-state index contributed by atoms with van der Waals surface area (Å²) in [6.45, 7) is 0. The Bertz CT molecular complexity index is 577. The van der Waals surface area contributed by atoms with E-state index in [1.165, 1.54) is 0 Å². The maximum absolute atomic E-state index is 13.4. The van der Waals surface area contributed by atoms with Crippen LogP contribution in [0.1, 0.15) is 0 Å².